The highest BCUT2D eigenvalue weighted by Gasteiger charge is 2.19. The zero-order valence-corrected chi connectivity index (χ0v) is 44.6. The summed E-state index contributed by atoms with van der Waals surface area (Å²) in [5, 5.41) is 0. The summed E-state index contributed by atoms with van der Waals surface area (Å²) in [5.74, 6) is -0.942. The van der Waals surface area contributed by atoms with E-state index in [-0.39, 0.29) is 31.1 Å². The van der Waals surface area contributed by atoms with Gasteiger partial charge in [0.25, 0.3) is 0 Å². The van der Waals surface area contributed by atoms with Crippen molar-refractivity contribution in [2.75, 3.05) is 13.2 Å². The van der Waals surface area contributed by atoms with E-state index in [9.17, 15) is 14.4 Å². The lowest BCUT2D eigenvalue weighted by molar-refractivity contribution is -0.167. The molecule has 0 saturated carbocycles. The molecule has 0 aliphatic rings. The van der Waals surface area contributed by atoms with Crippen LogP contribution in [0.2, 0.25) is 0 Å². The van der Waals surface area contributed by atoms with Crippen LogP contribution >= 0.6 is 0 Å². The monoisotopic (exact) mass is 947 g/mol. The quantitative estimate of drug-likeness (QED) is 0.0199. The van der Waals surface area contributed by atoms with Gasteiger partial charge in [0.05, 0.1) is 0 Å². The van der Waals surface area contributed by atoms with Crippen LogP contribution in [-0.4, -0.2) is 37.2 Å². The molecule has 0 spiro atoms. The first-order valence-electron chi connectivity index (χ1n) is 28.6. The molecule has 0 saturated heterocycles. The SMILES string of the molecule is CC/C=C\C/C=C\C/C=C\CCCCCCC(=O)OCC(COC(=O)CCCCCCC\C=C/C=C\C=C/CCCCCCC)OC(=O)CCCCCCC/C=C\CCCCCCCCCCC. The van der Waals surface area contributed by atoms with E-state index >= 15 is 0 Å². The van der Waals surface area contributed by atoms with Crippen molar-refractivity contribution >= 4 is 17.9 Å². The van der Waals surface area contributed by atoms with E-state index in [4.69, 9.17) is 14.2 Å². The minimum absolute atomic E-state index is 0.0979. The fourth-order valence-corrected chi connectivity index (χ4v) is 7.86. The first-order valence-corrected chi connectivity index (χ1v) is 28.6. The number of esters is 3. The normalized spacial score (nSPS) is 12.7. The molecule has 0 aromatic rings. The summed E-state index contributed by atoms with van der Waals surface area (Å²) < 4.78 is 16.8. The molecule has 0 aromatic heterocycles. The van der Waals surface area contributed by atoms with Gasteiger partial charge in [0, 0.05) is 19.3 Å². The molecule has 0 radical (unpaired) electrons. The fraction of sp³-hybridized carbons (Fsp3) is 0.726. The van der Waals surface area contributed by atoms with Gasteiger partial charge in [-0.1, -0.05) is 234 Å². The molecule has 1 unspecified atom stereocenters. The fourth-order valence-electron chi connectivity index (χ4n) is 7.86. The second kappa shape index (κ2) is 56.2. The lowest BCUT2D eigenvalue weighted by Crippen LogP contribution is -2.30. The minimum atomic E-state index is -0.800. The maximum Gasteiger partial charge on any atom is 0.306 e. The standard InChI is InChI=1S/C62H106O6/c1-4-7-10-13-16-19-22-25-28-30-32-34-37-40-43-46-49-52-55-61(64)67-58-59(57-66-60(63)54-51-48-45-42-39-36-27-24-21-18-15-12-9-6-3)68-62(65)56-53-50-47-44-41-38-35-33-31-29-26-23-20-17-14-11-8-5-2/h9,12,18,21-22,25,27-28,30,32-36,59H,4-8,10-11,13-17,19-20,23-24,26,29,31,37-58H2,1-3H3/b12-9-,21-18-,25-22-,30-28-,34-32-,35-33-,36-27-. The predicted octanol–water partition coefficient (Wildman–Crippen LogP) is 19.2. The molecule has 390 valence electrons. The first-order chi connectivity index (χ1) is 33.5. The maximum absolute atomic E-state index is 12.9. The summed E-state index contributed by atoms with van der Waals surface area (Å²) in [4.78, 5) is 38.1. The number of allylic oxidation sites excluding steroid dienone is 14. The molecule has 0 aliphatic carbocycles. The molecule has 0 aromatic carbocycles. The number of hydrogen-bond donors (Lipinski definition) is 0. The summed E-state index contributed by atoms with van der Waals surface area (Å²) in [6.45, 7) is 6.48. The van der Waals surface area contributed by atoms with Crippen molar-refractivity contribution in [3.05, 3.63) is 85.1 Å². The van der Waals surface area contributed by atoms with Gasteiger partial charge in [-0.05, 0) is 103 Å². The van der Waals surface area contributed by atoms with E-state index < -0.39 is 6.10 Å². The van der Waals surface area contributed by atoms with Crippen LogP contribution in [0.25, 0.3) is 0 Å². The van der Waals surface area contributed by atoms with E-state index in [1.807, 2.05) is 0 Å². The molecule has 0 aliphatic heterocycles. The topological polar surface area (TPSA) is 78.9 Å². The van der Waals surface area contributed by atoms with Gasteiger partial charge >= 0.3 is 17.9 Å². The zero-order chi connectivity index (χ0) is 49.3. The van der Waals surface area contributed by atoms with Crippen LogP contribution in [0.3, 0.4) is 0 Å². The molecule has 0 fully saturated rings. The van der Waals surface area contributed by atoms with Crippen LogP contribution in [0.4, 0.5) is 0 Å². The van der Waals surface area contributed by atoms with Crippen molar-refractivity contribution in [3.8, 4) is 0 Å². The number of rotatable bonds is 51. The van der Waals surface area contributed by atoms with Crippen molar-refractivity contribution in [1.29, 1.82) is 0 Å². The van der Waals surface area contributed by atoms with Gasteiger partial charge in [-0.2, -0.15) is 0 Å². The summed E-state index contributed by atoms with van der Waals surface area (Å²) in [6, 6.07) is 0. The van der Waals surface area contributed by atoms with Crippen LogP contribution in [0.5, 0.6) is 0 Å². The van der Waals surface area contributed by atoms with Crippen LogP contribution in [0.1, 0.15) is 271 Å². The molecule has 6 nitrogen and oxygen atoms in total. The van der Waals surface area contributed by atoms with E-state index in [0.29, 0.717) is 19.3 Å². The lowest BCUT2D eigenvalue weighted by atomic mass is 10.1. The van der Waals surface area contributed by atoms with E-state index in [2.05, 4.69) is 106 Å². The van der Waals surface area contributed by atoms with E-state index in [1.165, 1.54) is 103 Å². The van der Waals surface area contributed by atoms with Crippen molar-refractivity contribution in [2.24, 2.45) is 0 Å². The third-order valence-electron chi connectivity index (χ3n) is 12.2. The van der Waals surface area contributed by atoms with Gasteiger partial charge in [-0.15, -0.1) is 0 Å². The van der Waals surface area contributed by atoms with Gasteiger partial charge < -0.3 is 14.2 Å². The van der Waals surface area contributed by atoms with Crippen LogP contribution in [0.15, 0.2) is 85.1 Å². The first kappa shape index (κ1) is 64.6. The highest BCUT2D eigenvalue weighted by Crippen LogP contribution is 2.14. The molecule has 0 N–H and O–H groups in total. The summed E-state index contributed by atoms with van der Waals surface area (Å²) in [6.07, 6.45) is 72.8. The number of ether oxygens (including phenoxy) is 3. The molecule has 0 bridgehead atoms. The van der Waals surface area contributed by atoms with Gasteiger partial charge in [0.2, 0.25) is 0 Å². The highest BCUT2D eigenvalue weighted by atomic mass is 16.6. The van der Waals surface area contributed by atoms with E-state index in [0.717, 1.165) is 128 Å². The average molecular weight is 948 g/mol. The maximum atomic E-state index is 12.9. The number of carbonyl (C=O) groups excluding carboxylic acids is 3. The molecule has 68 heavy (non-hydrogen) atoms. The molecule has 0 amide bonds. The third-order valence-corrected chi connectivity index (χ3v) is 12.2. The third kappa shape index (κ3) is 53.5. The zero-order valence-electron chi connectivity index (χ0n) is 44.6. The van der Waals surface area contributed by atoms with Gasteiger partial charge in [0.1, 0.15) is 13.2 Å². The average Bonchev–Trinajstić information content (AvgIpc) is 3.34. The Balaban J connectivity index is 4.46. The minimum Gasteiger partial charge on any atom is -0.462 e. The van der Waals surface area contributed by atoms with Crippen molar-refractivity contribution < 1.29 is 28.6 Å². The number of carbonyl (C=O) groups is 3. The second-order valence-electron chi connectivity index (χ2n) is 18.9. The van der Waals surface area contributed by atoms with Gasteiger partial charge in [-0.3, -0.25) is 14.4 Å². The summed E-state index contributed by atoms with van der Waals surface area (Å²) >= 11 is 0. The Morgan fingerprint density at radius 3 is 1.03 bits per heavy atom. The Morgan fingerprint density at radius 2 is 0.632 bits per heavy atom. The number of unbranched alkanes of at least 4 members (excludes halogenated alkanes) is 28. The van der Waals surface area contributed by atoms with Crippen molar-refractivity contribution in [2.45, 2.75) is 277 Å². The second-order valence-corrected chi connectivity index (χ2v) is 18.9. The lowest BCUT2D eigenvalue weighted by Gasteiger charge is -2.18. The Hall–Kier alpha value is -3.41. The predicted molar refractivity (Wildman–Crippen MR) is 293 cm³/mol. The Kier molecular flexibility index (Phi) is 53.4. The summed E-state index contributed by atoms with van der Waals surface area (Å²) in [7, 11) is 0. The number of hydrogen-bond acceptors (Lipinski definition) is 6. The van der Waals surface area contributed by atoms with E-state index in [1.54, 1.807) is 0 Å². The van der Waals surface area contributed by atoms with Gasteiger partial charge in [-0.25, -0.2) is 0 Å². The molecule has 1 atom stereocenters. The van der Waals surface area contributed by atoms with Crippen LogP contribution < -0.4 is 0 Å². The van der Waals surface area contributed by atoms with Gasteiger partial charge in [0.15, 0.2) is 6.10 Å². The largest absolute Gasteiger partial charge is 0.462 e. The van der Waals surface area contributed by atoms with Crippen molar-refractivity contribution in [1.82, 2.24) is 0 Å². The molecule has 0 rings (SSSR count). The van der Waals surface area contributed by atoms with Crippen LogP contribution in [-0.2, 0) is 28.6 Å². The smallest absolute Gasteiger partial charge is 0.306 e. The molecule has 6 heteroatoms. The Labute approximate surface area is 420 Å². The Morgan fingerprint density at radius 1 is 0.324 bits per heavy atom. The highest BCUT2D eigenvalue weighted by molar-refractivity contribution is 5.71. The van der Waals surface area contributed by atoms with Crippen LogP contribution in [0, 0.1) is 0 Å². The molecule has 0 heterocycles. The Bertz CT molecular complexity index is 1320. The molecular formula is C62H106O6. The van der Waals surface area contributed by atoms with Crippen molar-refractivity contribution in [3.63, 3.8) is 0 Å². The summed E-state index contributed by atoms with van der Waals surface area (Å²) in [5.41, 5.74) is 0. The molecular weight excluding hydrogens is 841 g/mol.